The van der Waals surface area contributed by atoms with E-state index in [-0.39, 0.29) is 18.0 Å². The monoisotopic (exact) mass is 425 g/mol. The fraction of sp³-hybridized carbons (Fsp3) is 0.0625. The molecule has 0 aliphatic rings. The van der Waals surface area contributed by atoms with Crippen LogP contribution < -0.4 is 5.32 Å². The van der Waals surface area contributed by atoms with Crippen molar-refractivity contribution in [1.29, 1.82) is 0 Å². The molecular weight excluding hydrogens is 417 g/mol. The third-order valence-corrected chi connectivity index (χ3v) is 4.55. The Morgan fingerprint density at radius 1 is 1.29 bits per heavy atom. The summed E-state index contributed by atoms with van der Waals surface area (Å²) in [7, 11) is 0. The van der Waals surface area contributed by atoms with Crippen LogP contribution in [0.4, 0.5) is 0 Å². The quantitative estimate of drug-likeness (QED) is 0.611. The van der Waals surface area contributed by atoms with Gasteiger partial charge in [-0.05, 0) is 45.8 Å². The van der Waals surface area contributed by atoms with E-state index in [4.69, 9.17) is 23.2 Å². The Bertz CT molecular complexity index is 950. The minimum atomic E-state index is -0.535. The van der Waals surface area contributed by atoms with Crippen molar-refractivity contribution in [2.45, 2.75) is 6.54 Å². The summed E-state index contributed by atoms with van der Waals surface area (Å²) in [5, 5.41) is 14.5. The Labute approximate surface area is 155 Å². The Hall–Kier alpha value is -1.89. The molecule has 3 aromatic rings. The number of hydrogen-bond donors (Lipinski definition) is 2. The van der Waals surface area contributed by atoms with E-state index in [9.17, 15) is 9.90 Å². The molecule has 0 bridgehead atoms. The number of fused-ring (bicyclic) bond motifs is 1. The highest BCUT2D eigenvalue weighted by atomic mass is 79.9. The van der Waals surface area contributed by atoms with Crippen molar-refractivity contribution in [3.8, 4) is 5.75 Å². The summed E-state index contributed by atoms with van der Waals surface area (Å²) in [6.07, 6.45) is 1.53. The zero-order valence-corrected chi connectivity index (χ0v) is 15.2. The average molecular weight is 427 g/mol. The normalized spacial score (nSPS) is 10.8. The lowest BCUT2D eigenvalue weighted by molar-refractivity contribution is 0.0943. The van der Waals surface area contributed by atoms with Crippen LogP contribution in [0.15, 0.2) is 41.1 Å². The summed E-state index contributed by atoms with van der Waals surface area (Å²) < 4.78 is 0.429. The molecule has 2 heterocycles. The van der Waals surface area contributed by atoms with Gasteiger partial charge in [0.1, 0.15) is 10.1 Å². The molecule has 0 saturated carbocycles. The highest BCUT2D eigenvalue weighted by Crippen LogP contribution is 2.30. The summed E-state index contributed by atoms with van der Waals surface area (Å²) in [4.78, 5) is 20.6. The zero-order valence-electron chi connectivity index (χ0n) is 12.1. The maximum absolute atomic E-state index is 12.4. The van der Waals surface area contributed by atoms with Crippen LogP contribution in [0.1, 0.15) is 16.1 Å². The lowest BCUT2D eigenvalue weighted by Gasteiger charge is -2.10. The molecule has 0 unspecified atom stereocenters. The topological polar surface area (TPSA) is 75.1 Å². The van der Waals surface area contributed by atoms with E-state index in [2.05, 4.69) is 31.2 Å². The first-order valence-electron chi connectivity index (χ1n) is 6.82. The van der Waals surface area contributed by atoms with Gasteiger partial charge in [0.25, 0.3) is 5.91 Å². The molecule has 0 spiro atoms. The number of hydrogen-bond acceptors (Lipinski definition) is 4. The van der Waals surface area contributed by atoms with Crippen LogP contribution in [0.2, 0.25) is 10.0 Å². The fourth-order valence-electron chi connectivity index (χ4n) is 2.17. The predicted molar refractivity (Wildman–Crippen MR) is 96.5 cm³/mol. The molecule has 0 radical (unpaired) electrons. The zero-order chi connectivity index (χ0) is 17.3. The van der Waals surface area contributed by atoms with Crippen LogP contribution in [0, 0.1) is 0 Å². The molecule has 3 rings (SSSR count). The lowest BCUT2D eigenvalue weighted by atomic mass is 10.2. The number of halogens is 3. The molecule has 0 aliphatic heterocycles. The van der Waals surface area contributed by atoms with Gasteiger partial charge in [0.05, 0.1) is 0 Å². The third kappa shape index (κ3) is 3.31. The van der Waals surface area contributed by atoms with Gasteiger partial charge < -0.3 is 10.4 Å². The van der Waals surface area contributed by atoms with Gasteiger partial charge in [0.2, 0.25) is 0 Å². The van der Waals surface area contributed by atoms with E-state index < -0.39 is 5.91 Å². The molecule has 5 nitrogen and oxygen atoms in total. The largest absolute Gasteiger partial charge is 0.504 e. The number of carbonyl (C=O) groups is 1. The highest BCUT2D eigenvalue weighted by molar-refractivity contribution is 9.10. The molecule has 8 heteroatoms. The minimum absolute atomic E-state index is 0.113. The summed E-state index contributed by atoms with van der Waals surface area (Å²) in [5.74, 6) is -0.805. The van der Waals surface area contributed by atoms with Crippen LogP contribution in [0.5, 0.6) is 5.75 Å². The summed E-state index contributed by atoms with van der Waals surface area (Å²) in [6, 6.07) is 8.46. The van der Waals surface area contributed by atoms with Crippen LogP contribution in [-0.4, -0.2) is 21.0 Å². The van der Waals surface area contributed by atoms with E-state index in [1.807, 2.05) is 0 Å². The highest BCUT2D eigenvalue weighted by Gasteiger charge is 2.19. The van der Waals surface area contributed by atoms with Crippen LogP contribution in [0.25, 0.3) is 10.9 Å². The summed E-state index contributed by atoms with van der Waals surface area (Å²) in [5.41, 5.74) is 0.888. The molecule has 0 atom stereocenters. The second-order valence-electron chi connectivity index (χ2n) is 4.92. The van der Waals surface area contributed by atoms with Gasteiger partial charge in [0, 0.05) is 28.2 Å². The van der Waals surface area contributed by atoms with Crippen molar-refractivity contribution in [3.63, 3.8) is 0 Å². The molecule has 0 saturated heterocycles. The number of amides is 1. The van der Waals surface area contributed by atoms with Crippen molar-refractivity contribution in [2.75, 3.05) is 0 Å². The van der Waals surface area contributed by atoms with E-state index >= 15 is 0 Å². The van der Waals surface area contributed by atoms with Crippen molar-refractivity contribution in [2.24, 2.45) is 0 Å². The van der Waals surface area contributed by atoms with Crippen molar-refractivity contribution < 1.29 is 9.90 Å². The summed E-state index contributed by atoms with van der Waals surface area (Å²) in [6.45, 7) is 0.174. The maximum atomic E-state index is 12.4. The summed E-state index contributed by atoms with van der Waals surface area (Å²) >= 11 is 15.2. The van der Waals surface area contributed by atoms with Gasteiger partial charge in [0.15, 0.2) is 11.4 Å². The van der Waals surface area contributed by atoms with Gasteiger partial charge in [-0.15, -0.1) is 0 Å². The van der Waals surface area contributed by atoms with Crippen LogP contribution in [0.3, 0.4) is 0 Å². The van der Waals surface area contributed by atoms with Gasteiger partial charge in [-0.2, -0.15) is 0 Å². The fourth-order valence-corrected chi connectivity index (χ4v) is 3.14. The maximum Gasteiger partial charge on any atom is 0.274 e. The number of benzene rings is 1. The van der Waals surface area contributed by atoms with Crippen molar-refractivity contribution >= 4 is 55.9 Å². The van der Waals surface area contributed by atoms with Crippen LogP contribution in [-0.2, 0) is 6.54 Å². The van der Waals surface area contributed by atoms with E-state index in [1.54, 1.807) is 30.3 Å². The number of aromatic hydroxyl groups is 1. The van der Waals surface area contributed by atoms with E-state index in [1.165, 1.54) is 6.20 Å². The third-order valence-electron chi connectivity index (χ3n) is 3.36. The number of aromatic nitrogens is 2. The van der Waals surface area contributed by atoms with E-state index in [0.717, 1.165) is 0 Å². The molecular formula is C16H10BrCl2N3O2. The average Bonchev–Trinajstić information content (AvgIpc) is 2.57. The smallest absolute Gasteiger partial charge is 0.274 e. The molecule has 1 aromatic carbocycles. The Morgan fingerprint density at radius 2 is 2.08 bits per heavy atom. The van der Waals surface area contributed by atoms with Gasteiger partial charge in [-0.1, -0.05) is 29.3 Å². The van der Waals surface area contributed by atoms with Gasteiger partial charge in [-0.3, -0.25) is 9.78 Å². The first-order chi connectivity index (χ1) is 11.5. The van der Waals surface area contributed by atoms with E-state index in [0.29, 0.717) is 31.1 Å². The standard InChI is InChI=1S/C16H10BrCl2N3O2/c17-15-10-2-1-5-20-12(10)14(23)13(22-15)16(24)21-7-8-3-4-9(18)6-11(8)19/h1-6,23H,7H2,(H,21,24). The number of pyridine rings is 2. The SMILES string of the molecule is O=C(NCc1ccc(Cl)cc1Cl)c1nc(Br)c2cccnc2c1O. The van der Waals surface area contributed by atoms with Crippen molar-refractivity contribution in [1.82, 2.24) is 15.3 Å². The number of nitrogens with one attached hydrogen (secondary N) is 1. The molecule has 0 fully saturated rings. The molecule has 0 aliphatic carbocycles. The first-order valence-corrected chi connectivity index (χ1v) is 8.37. The lowest BCUT2D eigenvalue weighted by Crippen LogP contribution is -2.24. The molecule has 24 heavy (non-hydrogen) atoms. The minimum Gasteiger partial charge on any atom is -0.504 e. The molecule has 2 N–H and O–H groups in total. The second-order valence-corrected chi connectivity index (χ2v) is 6.51. The molecule has 2 aromatic heterocycles. The molecule has 122 valence electrons. The van der Waals surface area contributed by atoms with Gasteiger partial charge >= 0.3 is 0 Å². The Morgan fingerprint density at radius 3 is 2.83 bits per heavy atom. The second kappa shape index (κ2) is 6.93. The Kier molecular flexibility index (Phi) is 4.89. The molecule has 1 amide bonds. The number of carbonyl (C=O) groups excluding carboxylic acids is 1. The Balaban J connectivity index is 1.87. The number of nitrogens with zero attached hydrogens (tertiary/aromatic N) is 2. The van der Waals surface area contributed by atoms with Crippen molar-refractivity contribution in [3.05, 3.63) is 62.4 Å². The predicted octanol–water partition coefficient (Wildman–Crippen LogP) is 4.33. The number of rotatable bonds is 3. The van der Waals surface area contributed by atoms with Crippen LogP contribution >= 0.6 is 39.1 Å². The van der Waals surface area contributed by atoms with Gasteiger partial charge in [-0.25, -0.2) is 4.98 Å². The first kappa shape index (κ1) is 17.0.